The molecule has 0 spiro atoms. The SMILES string of the molecule is O=C(CCC1(OC(F)(F)F)CCC1)NC12CC(c3nnc(C4(OC(F)(F)F)CCC4)o3)(C1)C2. The Morgan fingerprint density at radius 3 is 1.97 bits per heavy atom. The molecule has 0 radical (unpaired) electrons. The molecule has 2 bridgehead atoms. The fourth-order valence-corrected chi connectivity index (χ4v) is 5.77. The number of hydrogen-bond donors (Lipinski definition) is 1. The zero-order valence-corrected chi connectivity index (χ0v) is 17.6. The van der Waals surface area contributed by atoms with Crippen LogP contribution in [0.4, 0.5) is 26.3 Å². The van der Waals surface area contributed by atoms with Crippen molar-refractivity contribution in [2.75, 3.05) is 0 Å². The fourth-order valence-electron chi connectivity index (χ4n) is 5.77. The van der Waals surface area contributed by atoms with Crippen LogP contribution >= 0.6 is 0 Å². The van der Waals surface area contributed by atoms with Gasteiger partial charge in [-0.25, -0.2) is 0 Å². The van der Waals surface area contributed by atoms with Crippen molar-refractivity contribution in [3.05, 3.63) is 11.8 Å². The number of hydrogen-bond acceptors (Lipinski definition) is 6. The summed E-state index contributed by atoms with van der Waals surface area (Å²) in [7, 11) is 0. The van der Waals surface area contributed by atoms with E-state index in [-0.39, 0.29) is 56.2 Å². The number of ether oxygens (including phenoxy) is 2. The topological polar surface area (TPSA) is 86.5 Å². The van der Waals surface area contributed by atoms with Gasteiger partial charge in [-0.2, -0.15) is 0 Å². The Labute approximate surface area is 184 Å². The van der Waals surface area contributed by atoms with Crippen molar-refractivity contribution in [2.24, 2.45) is 0 Å². The highest BCUT2D eigenvalue weighted by Crippen LogP contribution is 2.67. The van der Waals surface area contributed by atoms with Gasteiger partial charge in [-0.05, 0) is 64.2 Å². The van der Waals surface area contributed by atoms with Crippen molar-refractivity contribution in [1.82, 2.24) is 15.5 Å². The first-order valence-electron chi connectivity index (χ1n) is 11.0. The molecule has 7 nitrogen and oxygen atoms in total. The average Bonchev–Trinajstić information content (AvgIpc) is 3.03. The minimum absolute atomic E-state index is 0.00608. The summed E-state index contributed by atoms with van der Waals surface area (Å²) in [5.74, 6) is -0.296. The van der Waals surface area contributed by atoms with Crippen LogP contribution in [0.3, 0.4) is 0 Å². The van der Waals surface area contributed by atoms with Gasteiger partial charge in [0, 0.05) is 12.0 Å². The van der Waals surface area contributed by atoms with E-state index in [0.29, 0.717) is 32.1 Å². The smallest absolute Gasteiger partial charge is 0.421 e. The van der Waals surface area contributed by atoms with Crippen LogP contribution in [-0.2, 0) is 25.3 Å². The Kier molecular flexibility index (Phi) is 4.90. The predicted octanol–water partition coefficient (Wildman–Crippen LogP) is 4.51. The monoisotopic (exact) mass is 483 g/mol. The number of amides is 1. The number of nitrogens with zero attached hydrogens (tertiary/aromatic N) is 2. The van der Waals surface area contributed by atoms with Gasteiger partial charge in [0.2, 0.25) is 17.7 Å². The lowest BCUT2D eigenvalue weighted by molar-refractivity contribution is -0.387. The van der Waals surface area contributed by atoms with Gasteiger partial charge in [-0.15, -0.1) is 36.5 Å². The van der Waals surface area contributed by atoms with E-state index in [0.717, 1.165) is 0 Å². The maximum Gasteiger partial charge on any atom is 0.523 e. The van der Waals surface area contributed by atoms with Crippen LogP contribution in [0.25, 0.3) is 0 Å². The Bertz CT molecular complexity index is 915. The van der Waals surface area contributed by atoms with Gasteiger partial charge in [0.05, 0.1) is 11.0 Å². The molecule has 1 heterocycles. The summed E-state index contributed by atoms with van der Waals surface area (Å²) in [4.78, 5) is 12.4. The van der Waals surface area contributed by atoms with Crippen LogP contribution in [0.2, 0.25) is 0 Å². The highest BCUT2D eigenvalue weighted by Gasteiger charge is 2.72. The van der Waals surface area contributed by atoms with Crippen molar-refractivity contribution in [3.63, 3.8) is 0 Å². The van der Waals surface area contributed by atoms with Crippen LogP contribution in [0.5, 0.6) is 0 Å². The maximum atomic E-state index is 12.8. The van der Waals surface area contributed by atoms with Crippen LogP contribution in [0.15, 0.2) is 4.42 Å². The normalized spacial score (nSPS) is 31.6. The lowest BCUT2D eigenvalue weighted by Crippen LogP contribution is -2.76. The van der Waals surface area contributed by atoms with Crippen LogP contribution < -0.4 is 5.32 Å². The van der Waals surface area contributed by atoms with Crippen molar-refractivity contribution < 1.29 is 45.0 Å². The zero-order chi connectivity index (χ0) is 23.8. The zero-order valence-electron chi connectivity index (χ0n) is 17.6. The second-order valence-electron chi connectivity index (χ2n) is 10.0. The highest BCUT2D eigenvalue weighted by atomic mass is 19.4. The predicted molar refractivity (Wildman–Crippen MR) is 96.3 cm³/mol. The Morgan fingerprint density at radius 2 is 1.48 bits per heavy atom. The molecule has 1 aromatic heterocycles. The van der Waals surface area contributed by atoms with Crippen molar-refractivity contribution in [1.29, 1.82) is 0 Å². The van der Waals surface area contributed by atoms with E-state index in [1.54, 1.807) is 0 Å². The summed E-state index contributed by atoms with van der Waals surface area (Å²) in [6.07, 6.45) is -6.15. The van der Waals surface area contributed by atoms with Gasteiger partial charge in [0.1, 0.15) is 0 Å². The molecule has 13 heteroatoms. The number of alkyl halides is 6. The van der Waals surface area contributed by atoms with Gasteiger partial charge in [0.15, 0.2) is 5.60 Å². The summed E-state index contributed by atoms with van der Waals surface area (Å²) < 4.78 is 90.3. The molecular formula is C20H23F6N3O4. The third-order valence-electron chi connectivity index (χ3n) is 7.58. The van der Waals surface area contributed by atoms with E-state index in [1.165, 1.54) is 0 Å². The number of rotatable bonds is 8. The van der Waals surface area contributed by atoms with Gasteiger partial charge < -0.3 is 9.73 Å². The van der Waals surface area contributed by atoms with E-state index in [2.05, 4.69) is 25.0 Å². The van der Waals surface area contributed by atoms with E-state index in [9.17, 15) is 31.1 Å². The molecule has 1 amide bonds. The van der Waals surface area contributed by atoms with Crippen LogP contribution in [0.1, 0.15) is 82.4 Å². The van der Waals surface area contributed by atoms with Crippen molar-refractivity contribution >= 4 is 5.91 Å². The summed E-state index contributed by atoms with van der Waals surface area (Å²) in [6.45, 7) is 0. The number of aromatic nitrogens is 2. The summed E-state index contributed by atoms with van der Waals surface area (Å²) in [5, 5.41) is 10.7. The minimum Gasteiger partial charge on any atom is -0.421 e. The molecule has 0 aromatic carbocycles. The van der Waals surface area contributed by atoms with Gasteiger partial charge >= 0.3 is 12.7 Å². The average molecular weight is 483 g/mol. The second kappa shape index (κ2) is 7.06. The molecular weight excluding hydrogens is 460 g/mol. The van der Waals surface area contributed by atoms with E-state index < -0.39 is 34.9 Å². The van der Waals surface area contributed by atoms with Crippen LogP contribution in [-0.4, -0.2) is 40.0 Å². The van der Waals surface area contributed by atoms with E-state index in [4.69, 9.17) is 4.42 Å². The summed E-state index contributed by atoms with van der Waals surface area (Å²) >= 11 is 0. The second-order valence-corrected chi connectivity index (χ2v) is 10.0. The molecule has 33 heavy (non-hydrogen) atoms. The molecule has 5 saturated carbocycles. The number of carbonyl (C=O) groups is 1. The number of carbonyl (C=O) groups excluding carboxylic acids is 1. The standard InChI is InChI=1S/C20H23F6N3O4/c21-19(22,23)32-17(4-1-5-17)8-3-12(30)27-16-9-15(10-16,11-16)13-28-29-14(31-13)18(6-2-7-18)33-20(24,25)26/h1-11H2,(H,27,30). The molecule has 184 valence electrons. The molecule has 5 aliphatic carbocycles. The molecule has 0 saturated heterocycles. The lowest BCUT2D eigenvalue weighted by atomic mass is 9.39. The number of halogens is 6. The molecule has 0 aliphatic heterocycles. The number of nitrogens with one attached hydrogen (secondary N) is 1. The van der Waals surface area contributed by atoms with E-state index >= 15 is 0 Å². The molecule has 5 fully saturated rings. The third-order valence-corrected chi connectivity index (χ3v) is 7.58. The minimum atomic E-state index is -4.82. The first-order valence-corrected chi connectivity index (χ1v) is 11.0. The van der Waals surface area contributed by atoms with Crippen LogP contribution in [0, 0.1) is 0 Å². The third kappa shape index (κ3) is 4.11. The first-order chi connectivity index (χ1) is 15.3. The molecule has 0 atom stereocenters. The first kappa shape index (κ1) is 22.9. The van der Waals surface area contributed by atoms with Crippen molar-refractivity contribution in [2.45, 2.75) is 106 Å². The van der Waals surface area contributed by atoms with Gasteiger partial charge in [-0.1, -0.05) is 0 Å². The maximum absolute atomic E-state index is 12.8. The van der Waals surface area contributed by atoms with Crippen molar-refractivity contribution in [3.8, 4) is 0 Å². The van der Waals surface area contributed by atoms with Gasteiger partial charge in [0.25, 0.3) is 0 Å². The molecule has 5 aliphatic rings. The fraction of sp³-hybridized carbons (Fsp3) is 0.850. The quantitative estimate of drug-likeness (QED) is 0.548. The molecule has 1 aromatic rings. The summed E-state index contributed by atoms with van der Waals surface area (Å²) in [6, 6.07) is 0. The molecule has 1 N–H and O–H groups in total. The highest BCUT2D eigenvalue weighted by molar-refractivity contribution is 5.78. The molecule has 0 unspecified atom stereocenters. The van der Waals surface area contributed by atoms with E-state index in [1.807, 2.05) is 0 Å². The Hall–Kier alpha value is -1.89. The van der Waals surface area contributed by atoms with Gasteiger partial charge in [-0.3, -0.25) is 14.3 Å². The Morgan fingerprint density at radius 1 is 0.909 bits per heavy atom. The lowest BCUT2D eigenvalue weighted by Gasteiger charge is -2.68. The largest absolute Gasteiger partial charge is 0.523 e. The molecule has 6 rings (SSSR count). The Balaban J connectivity index is 1.14. The summed E-state index contributed by atoms with van der Waals surface area (Å²) in [5.41, 5.74) is -3.92.